The molecule has 0 bridgehead atoms. The minimum Gasteiger partial charge on any atom is -0.486 e. The van der Waals surface area contributed by atoms with Crippen molar-refractivity contribution in [3.05, 3.63) is 54.1 Å². The van der Waals surface area contributed by atoms with Crippen molar-refractivity contribution >= 4 is 15.9 Å². The molecule has 32 heavy (non-hydrogen) atoms. The Labute approximate surface area is 186 Å². The first-order valence-corrected chi connectivity index (χ1v) is 12.1. The van der Waals surface area contributed by atoms with Gasteiger partial charge >= 0.3 is 0 Å². The van der Waals surface area contributed by atoms with Crippen molar-refractivity contribution < 1.29 is 27.8 Å². The van der Waals surface area contributed by atoms with Crippen molar-refractivity contribution in [2.45, 2.75) is 23.5 Å². The fourth-order valence-corrected chi connectivity index (χ4v) is 6.17. The molecule has 1 amide bonds. The third-order valence-corrected chi connectivity index (χ3v) is 8.00. The molecule has 3 atom stereocenters. The van der Waals surface area contributed by atoms with Crippen LogP contribution in [0.2, 0.25) is 0 Å². The Balaban J connectivity index is 1.30. The topological polar surface area (TPSA) is 108 Å². The van der Waals surface area contributed by atoms with Gasteiger partial charge in [-0.15, -0.1) is 4.41 Å². The molecular weight excluding hydrogens is 434 g/mol. The van der Waals surface area contributed by atoms with E-state index in [-0.39, 0.29) is 22.8 Å². The molecule has 0 aromatic heterocycles. The second-order valence-electron chi connectivity index (χ2n) is 8.18. The van der Waals surface area contributed by atoms with Crippen LogP contribution in [0.5, 0.6) is 11.5 Å². The van der Waals surface area contributed by atoms with Gasteiger partial charge in [0.2, 0.25) is 0 Å². The number of sulfonamides is 1. The average molecular weight is 460 g/mol. The normalized spacial score (nSPS) is 24.1. The lowest BCUT2D eigenvalue weighted by molar-refractivity contribution is -0.142. The number of carbonyl (C=O) groups is 1. The Morgan fingerprint density at radius 2 is 1.84 bits per heavy atom. The van der Waals surface area contributed by atoms with Crippen LogP contribution in [0.25, 0.3) is 0 Å². The van der Waals surface area contributed by atoms with Gasteiger partial charge < -0.3 is 19.5 Å². The van der Waals surface area contributed by atoms with E-state index < -0.39 is 16.1 Å². The average Bonchev–Trinajstić information content (AvgIpc) is 3.27. The Kier molecular flexibility index (Phi) is 5.54. The van der Waals surface area contributed by atoms with Gasteiger partial charge in [-0.1, -0.05) is 30.3 Å². The van der Waals surface area contributed by atoms with Gasteiger partial charge in [-0.05, 0) is 24.1 Å². The number of ether oxygens (including phenoxy) is 2. The van der Waals surface area contributed by atoms with E-state index in [9.17, 15) is 18.3 Å². The second kappa shape index (κ2) is 8.36. The van der Waals surface area contributed by atoms with Crippen molar-refractivity contribution in [3.63, 3.8) is 0 Å². The monoisotopic (exact) mass is 459 g/mol. The van der Waals surface area contributed by atoms with Gasteiger partial charge in [-0.3, -0.25) is 4.79 Å². The van der Waals surface area contributed by atoms with Crippen LogP contribution in [0.4, 0.5) is 0 Å². The zero-order chi connectivity index (χ0) is 22.3. The SMILES string of the molecule is O=C([C@@H](O)c1ccccc1)N1CCC2C(CNN2S(=O)(=O)c2ccc3c(c2)OCCO3)C1. The van der Waals surface area contributed by atoms with Crippen LogP contribution < -0.4 is 14.9 Å². The molecule has 3 heterocycles. The first-order chi connectivity index (χ1) is 15.4. The number of hydrogen-bond donors (Lipinski definition) is 2. The summed E-state index contributed by atoms with van der Waals surface area (Å²) in [6, 6.07) is 13.2. The Bertz CT molecular complexity index is 1110. The number of nitrogens with zero attached hydrogens (tertiary/aromatic N) is 2. The second-order valence-corrected chi connectivity index (χ2v) is 10.00. The summed E-state index contributed by atoms with van der Waals surface area (Å²) >= 11 is 0. The summed E-state index contributed by atoms with van der Waals surface area (Å²) in [5, 5.41) is 10.5. The summed E-state index contributed by atoms with van der Waals surface area (Å²) in [6.07, 6.45) is -0.742. The van der Waals surface area contributed by atoms with Gasteiger partial charge in [0, 0.05) is 37.7 Å². The number of benzene rings is 2. The largest absolute Gasteiger partial charge is 0.486 e. The zero-order valence-corrected chi connectivity index (χ0v) is 18.2. The van der Waals surface area contributed by atoms with E-state index in [0.29, 0.717) is 56.3 Å². The summed E-state index contributed by atoms with van der Waals surface area (Å²) in [5.74, 6) is 0.528. The molecule has 5 rings (SSSR count). The molecule has 3 aliphatic rings. The molecule has 10 heteroatoms. The summed E-state index contributed by atoms with van der Waals surface area (Å²) in [4.78, 5) is 14.6. The van der Waals surface area contributed by atoms with Crippen LogP contribution in [-0.2, 0) is 14.8 Å². The van der Waals surface area contributed by atoms with Crippen molar-refractivity contribution in [1.29, 1.82) is 0 Å². The maximum absolute atomic E-state index is 13.3. The number of carbonyl (C=O) groups excluding carboxylic acids is 1. The number of hydrogen-bond acceptors (Lipinski definition) is 7. The number of likely N-dealkylation sites (tertiary alicyclic amines) is 1. The fourth-order valence-electron chi connectivity index (χ4n) is 4.57. The van der Waals surface area contributed by atoms with Gasteiger partial charge in [0.15, 0.2) is 17.6 Å². The maximum Gasteiger partial charge on any atom is 0.256 e. The van der Waals surface area contributed by atoms with Crippen molar-refractivity contribution in [1.82, 2.24) is 14.7 Å². The standard InChI is InChI=1S/C22H25N3O6S/c26-21(15-4-2-1-3-5-15)22(27)24-9-8-18-16(14-24)13-23-25(18)32(28,29)17-6-7-19-20(12-17)31-11-10-30-19/h1-7,12,16,18,21,23,26H,8-11,13-14H2/t16?,18?,21-/m0/s1. The third-order valence-electron chi connectivity index (χ3n) is 6.24. The predicted octanol–water partition coefficient (Wildman–Crippen LogP) is 0.917. The zero-order valence-electron chi connectivity index (χ0n) is 17.4. The van der Waals surface area contributed by atoms with Crippen LogP contribution >= 0.6 is 0 Å². The number of aliphatic hydroxyl groups excluding tert-OH is 1. The molecule has 2 unspecified atom stereocenters. The molecule has 0 saturated carbocycles. The van der Waals surface area contributed by atoms with E-state index in [1.54, 1.807) is 35.2 Å². The maximum atomic E-state index is 13.3. The number of fused-ring (bicyclic) bond motifs is 2. The lowest BCUT2D eigenvalue weighted by atomic mass is 9.93. The highest BCUT2D eigenvalue weighted by atomic mass is 32.2. The van der Waals surface area contributed by atoms with Crippen LogP contribution in [-0.4, -0.2) is 67.6 Å². The van der Waals surface area contributed by atoms with E-state index >= 15 is 0 Å². The van der Waals surface area contributed by atoms with Gasteiger partial charge in [-0.2, -0.15) is 0 Å². The number of amides is 1. The summed E-state index contributed by atoms with van der Waals surface area (Å²) in [7, 11) is -3.81. The fraction of sp³-hybridized carbons (Fsp3) is 0.409. The van der Waals surface area contributed by atoms with Gasteiger partial charge in [0.25, 0.3) is 15.9 Å². The van der Waals surface area contributed by atoms with Gasteiger partial charge in [0.1, 0.15) is 13.2 Å². The predicted molar refractivity (Wildman–Crippen MR) is 114 cm³/mol. The van der Waals surface area contributed by atoms with Crippen molar-refractivity contribution in [3.8, 4) is 11.5 Å². The molecule has 2 aromatic carbocycles. The number of hydrazine groups is 1. The molecule has 0 radical (unpaired) electrons. The highest BCUT2D eigenvalue weighted by molar-refractivity contribution is 7.89. The number of rotatable bonds is 4. The molecule has 9 nitrogen and oxygen atoms in total. The van der Waals surface area contributed by atoms with Crippen molar-refractivity contribution in [2.24, 2.45) is 5.92 Å². The number of aliphatic hydroxyl groups is 1. The number of piperidine rings is 1. The molecule has 2 fully saturated rings. The molecule has 170 valence electrons. The minimum atomic E-state index is -3.81. The lowest BCUT2D eigenvalue weighted by Crippen LogP contribution is -2.51. The highest BCUT2D eigenvalue weighted by Crippen LogP contribution is 2.36. The Morgan fingerprint density at radius 3 is 2.62 bits per heavy atom. The molecule has 0 spiro atoms. The lowest BCUT2D eigenvalue weighted by Gasteiger charge is -2.37. The quantitative estimate of drug-likeness (QED) is 0.700. The summed E-state index contributed by atoms with van der Waals surface area (Å²) in [6.45, 7) is 2.00. The van der Waals surface area contributed by atoms with Gasteiger partial charge in [-0.25, -0.2) is 13.8 Å². The van der Waals surface area contributed by atoms with Crippen LogP contribution in [0.1, 0.15) is 18.1 Å². The molecular formula is C22H25N3O6S. The van der Waals surface area contributed by atoms with E-state index in [0.717, 1.165) is 0 Å². The van der Waals surface area contributed by atoms with Gasteiger partial charge in [0.05, 0.1) is 4.90 Å². The molecule has 0 aliphatic carbocycles. The summed E-state index contributed by atoms with van der Waals surface area (Å²) in [5.41, 5.74) is 3.56. The number of nitrogens with one attached hydrogen (secondary N) is 1. The first kappa shape index (κ1) is 21.2. The van der Waals surface area contributed by atoms with E-state index in [2.05, 4.69) is 5.43 Å². The highest BCUT2D eigenvalue weighted by Gasteiger charge is 2.45. The molecule has 3 aliphatic heterocycles. The first-order valence-electron chi connectivity index (χ1n) is 10.6. The van der Waals surface area contributed by atoms with Crippen LogP contribution in [0.15, 0.2) is 53.4 Å². The Morgan fingerprint density at radius 1 is 1.09 bits per heavy atom. The van der Waals surface area contributed by atoms with Crippen LogP contribution in [0, 0.1) is 5.92 Å². The van der Waals surface area contributed by atoms with E-state index in [4.69, 9.17) is 9.47 Å². The minimum absolute atomic E-state index is 0.0670. The van der Waals surface area contributed by atoms with E-state index in [1.807, 2.05) is 6.07 Å². The smallest absolute Gasteiger partial charge is 0.256 e. The van der Waals surface area contributed by atoms with Crippen molar-refractivity contribution in [2.75, 3.05) is 32.8 Å². The summed E-state index contributed by atoms with van der Waals surface area (Å²) < 4.78 is 39.0. The Hall–Kier alpha value is -2.66. The third kappa shape index (κ3) is 3.73. The molecule has 2 aromatic rings. The van der Waals surface area contributed by atoms with Crippen LogP contribution in [0.3, 0.4) is 0 Å². The van der Waals surface area contributed by atoms with E-state index in [1.165, 1.54) is 16.5 Å². The molecule has 2 N–H and O–H groups in total. The molecule has 2 saturated heterocycles.